The van der Waals surface area contributed by atoms with Crippen LogP contribution in [0.5, 0.6) is 0 Å². The smallest absolute Gasteiger partial charge is 0.337 e. The third kappa shape index (κ3) is 3.44. The molecule has 0 saturated carbocycles. The van der Waals surface area contributed by atoms with Crippen LogP contribution in [0.3, 0.4) is 0 Å². The molecule has 6 heteroatoms. The van der Waals surface area contributed by atoms with E-state index < -0.39 is 11.4 Å². The van der Waals surface area contributed by atoms with Gasteiger partial charge >= 0.3 is 5.97 Å². The molecule has 3 N–H and O–H groups in total. The maximum Gasteiger partial charge on any atom is 0.337 e. The molecule has 1 saturated heterocycles. The first kappa shape index (κ1) is 16.0. The van der Waals surface area contributed by atoms with Crippen LogP contribution in [0.15, 0.2) is 22.7 Å². The first-order chi connectivity index (χ1) is 9.98. The zero-order chi connectivity index (χ0) is 15.5. The molecule has 0 bridgehead atoms. The molecular weight excluding hydrogens is 336 g/mol. The van der Waals surface area contributed by atoms with Gasteiger partial charge in [-0.05, 0) is 44.0 Å². The number of aromatic carboxylic acids is 1. The highest BCUT2D eigenvalue weighted by molar-refractivity contribution is 9.10. The monoisotopic (exact) mass is 354 g/mol. The van der Waals surface area contributed by atoms with Crippen molar-refractivity contribution in [3.05, 3.63) is 28.2 Å². The Kier molecular flexibility index (Phi) is 5.00. The van der Waals surface area contributed by atoms with Crippen LogP contribution in [0.4, 0.5) is 5.69 Å². The summed E-state index contributed by atoms with van der Waals surface area (Å²) < 4.78 is 0.669. The summed E-state index contributed by atoms with van der Waals surface area (Å²) >= 11 is 3.25. The van der Waals surface area contributed by atoms with E-state index in [9.17, 15) is 14.7 Å². The van der Waals surface area contributed by atoms with Crippen LogP contribution >= 0.6 is 15.9 Å². The van der Waals surface area contributed by atoms with Crippen LogP contribution in [0.2, 0.25) is 0 Å². The molecule has 1 aromatic carbocycles. The Bertz CT molecular complexity index is 554. The maximum atomic E-state index is 12.6. The van der Waals surface area contributed by atoms with Gasteiger partial charge in [0.2, 0.25) is 5.91 Å². The summed E-state index contributed by atoms with van der Waals surface area (Å²) in [5, 5.41) is 15.3. The number of nitrogens with one attached hydrogen (secondary N) is 2. The van der Waals surface area contributed by atoms with E-state index >= 15 is 0 Å². The van der Waals surface area contributed by atoms with Gasteiger partial charge in [-0.25, -0.2) is 4.79 Å². The number of piperidine rings is 1. The molecule has 0 spiro atoms. The van der Waals surface area contributed by atoms with Gasteiger partial charge in [-0.2, -0.15) is 0 Å². The molecule has 1 amide bonds. The molecule has 5 nitrogen and oxygen atoms in total. The van der Waals surface area contributed by atoms with E-state index in [-0.39, 0.29) is 11.5 Å². The SMILES string of the molecule is CCC1(C(=O)Nc2ccc(Br)cc2C(=O)O)CCCNC1. The summed E-state index contributed by atoms with van der Waals surface area (Å²) in [7, 11) is 0. The highest BCUT2D eigenvalue weighted by Crippen LogP contribution is 2.32. The third-order valence-electron chi connectivity index (χ3n) is 4.09. The molecule has 1 unspecified atom stereocenters. The number of benzene rings is 1. The van der Waals surface area contributed by atoms with Gasteiger partial charge in [0.15, 0.2) is 0 Å². The topological polar surface area (TPSA) is 78.4 Å². The lowest BCUT2D eigenvalue weighted by Crippen LogP contribution is -2.47. The lowest BCUT2D eigenvalue weighted by Gasteiger charge is -2.35. The molecule has 114 valence electrons. The summed E-state index contributed by atoms with van der Waals surface area (Å²) in [5.74, 6) is -1.17. The first-order valence-corrected chi connectivity index (χ1v) is 7.83. The number of halogens is 1. The standard InChI is InChI=1S/C15H19BrN2O3/c1-2-15(6-3-7-17-9-15)14(21)18-12-5-4-10(16)8-11(12)13(19)20/h4-5,8,17H,2-3,6-7,9H2,1H3,(H,18,21)(H,19,20). The van der Waals surface area contributed by atoms with Gasteiger partial charge in [0.05, 0.1) is 16.7 Å². The predicted octanol–water partition coefficient (Wildman–Crippen LogP) is 2.87. The fraction of sp³-hybridized carbons (Fsp3) is 0.467. The number of hydrogen-bond donors (Lipinski definition) is 3. The van der Waals surface area contributed by atoms with Crippen molar-refractivity contribution in [2.24, 2.45) is 5.41 Å². The fourth-order valence-electron chi connectivity index (χ4n) is 2.68. The number of carboxylic acid groups (broad SMARTS) is 1. The third-order valence-corrected chi connectivity index (χ3v) is 4.58. The van der Waals surface area contributed by atoms with E-state index in [2.05, 4.69) is 26.6 Å². The van der Waals surface area contributed by atoms with Crippen LogP contribution in [-0.4, -0.2) is 30.1 Å². The maximum absolute atomic E-state index is 12.6. The number of rotatable bonds is 4. The Balaban J connectivity index is 2.24. The molecular formula is C15H19BrN2O3. The number of amides is 1. The zero-order valence-electron chi connectivity index (χ0n) is 11.9. The van der Waals surface area contributed by atoms with E-state index in [1.165, 1.54) is 6.07 Å². The highest BCUT2D eigenvalue weighted by atomic mass is 79.9. The van der Waals surface area contributed by atoms with Crippen LogP contribution in [-0.2, 0) is 4.79 Å². The normalized spacial score (nSPS) is 21.8. The Morgan fingerprint density at radius 3 is 2.81 bits per heavy atom. The molecule has 1 aliphatic heterocycles. The molecule has 0 aromatic heterocycles. The minimum absolute atomic E-state index is 0.0905. The van der Waals surface area contributed by atoms with Gasteiger partial charge in [0, 0.05) is 11.0 Å². The molecule has 1 aliphatic rings. The lowest BCUT2D eigenvalue weighted by atomic mass is 9.77. The van der Waals surface area contributed by atoms with E-state index in [1.54, 1.807) is 12.1 Å². The zero-order valence-corrected chi connectivity index (χ0v) is 13.5. The van der Waals surface area contributed by atoms with Crippen molar-refractivity contribution >= 4 is 33.5 Å². The summed E-state index contributed by atoms with van der Waals surface area (Å²) in [4.78, 5) is 23.9. The van der Waals surface area contributed by atoms with Crippen LogP contribution in [0.25, 0.3) is 0 Å². The average molecular weight is 355 g/mol. The van der Waals surface area contributed by atoms with Crippen molar-refractivity contribution in [2.75, 3.05) is 18.4 Å². The quantitative estimate of drug-likeness (QED) is 0.776. The predicted molar refractivity (Wildman–Crippen MR) is 84.6 cm³/mol. The van der Waals surface area contributed by atoms with Gasteiger partial charge in [0.25, 0.3) is 0 Å². The van der Waals surface area contributed by atoms with Gasteiger partial charge < -0.3 is 15.7 Å². The van der Waals surface area contributed by atoms with Gasteiger partial charge in [-0.15, -0.1) is 0 Å². The Labute approximate surface area is 132 Å². The summed E-state index contributed by atoms with van der Waals surface area (Å²) in [6.07, 6.45) is 2.50. The number of carboxylic acids is 1. The summed E-state index contributed by atoms with van der Waals surface area (Å²) in [5.41, 5.74) is -0.0250. The van der Waals surface area contributed by atoms with Crippen LogP contribution in [0.1, 0.15) is 36.5 Å². The second-order valence-electron chi connectivity index (χ2n) is 5.36. The second kappa shape index (κ2) is 6.58. The van der Waals surface area contributed by atoms with E-state index in [0.29, 0.717) is 16.7 Å². The molecule has 1 atom stereocenters. The first-order valence-electron chi connectivity index (χ1n) is 7.03. The van der Waals surface area contributed by atoms with E-state index in [4.69, 9.17) is 0 Å². The molecule has 1 fully saturated rings. The minimum Gasteiger partial charge on any atom is -0.478 e. The lowest BCUT2D eigenvalue weighted by molar-refractivity contribution is -0.126. The van der Waals surface area contributed by atoms with Gasteiger partial charge in [-0.3, -0.25) is 4.79 Å². The fourth-order valence-corrected chi connectivity index (χ4v) is 3.04. The molecule has 1 aromatic rings. The number of carbonyl (C=O) groups excluding carboxylic acids is 1. The molecule has 1 heterocycles. The van der Waals surface area contributed by atoms with Crippen molar-refractivity contribution in [2.45, 2.75) is 26.2 Å². The summed E-state index contributed by atoms with van der Waals surface area (Å²) in [6, 6.07) is 4.83. The van der Waals surface area contributed by atoms with Crippen molar-refractivity contribution in [3.8, 4) is 0 Å². The second-order valence-corrected chi connectivity index (χ2v) is 6.28. The average Bonchev–Trinajstić information content (AvgIpc) is 2.49. The van der Waals surface area contributed by atoms with E-state index in [1.807, 2.05) is 6.92 Å². The van der Waals surface area contributed by atoms with Crippen molar-refractivity contribution in [3.63, 3.8) is 0 Å². The molecule has 0 aliphatic carbocycles. The van der Waals surface area contributed by atoms with Gasteiger partial charge in [-0.1, -0.05) is 22.9 Å². The highest BCUT2D eigenvalue weighted by Gasteiger charge is 2.38. The van der Waals surface area contributed by atoms with Crippen LogP contribution < -0.4 is 10.6 Å². The summed E-state index contributed by atoms with van der Waals surface area (Å²) in [6.45, 7) is 3.55. The Morgan fingerprint density at radius 1 is 1.48 bits per heavy atom. The Hall–Kier alpha value is -1.40. The number of carbonyl (C=O) groups is 2. The molecule has 0 radical (unpaired) electrons. The van der Waals surface area contributed by atoms with Gasteiger partial charge in [0.1, 0.15) is 0 Å². The number of anilines is 1. The van der Waals surface area contributed by atoms with Crippen LogP contribution in [0, 0.1) is 5.41 Å². The molecule has 21 heavy (non-hydrogen) atoms. The number of hydrogen-bond acceptors (Lipinski definition) is 3. The van der Waals surface area contributed by atoms with Crippen molar-refractivity contribution in [1.82, 2.24) is 5.32 Å². The Morgan fingerprint density at radius 2 is 2.24 bits per heavy atom. The molecule has 2 rings (SSSR count). The van der Waals surface area contributed by atoms with Crippen molar-refractivity contribution in [1.29, 1.82) is 0 Å². The minimum atomic E-state index is -1.06. The van der Waals surface area contributed by atoms with Crippen molar-refractivity contribution < 1.29 is 14.7 Å². The van der Waals surface area contributed by atoms with E-state index in [0.717, 1.165) is 25.8 Å². The largest absolute Gasteiger partial charge is 0.478 e.